The number of benzene rings is 2. The Bertz CT molecular complexity index is 2450. The zero-order valence-electron chi connectivity index (χ0n) is 27.5. The fraction of sp³-hybridized carbons (Fsp3) is 0.270. The molecule has 3 aliphatic rings. The van der Waals surface area contributed by atoms with Crippen LogP contribution in [0.15, 0.2) is 70.0 Å². The Morgan fingerprint density at radius 3 is 2.73 bits per heavy atom. The first-order chi connectivity index (χ1) is 25.2. The lowest BCUT2D eigenvalue weighted by atomic mass is 9.93. The molecule has 1 saturated heterocycles. The molecule has 0 unspecified atom stereocenters. The molecule has 1 aliphatic carbocycles. The van der Waals surface area contributed by atoms with Crippen LogP contribution in [0.1, 0.15) is 50.5 Å². The molecule has 2 atom stereocenters. The van der Waals surface area contributed by atoms with Gasteiger partial charge in [0.15, 0.2) is 0 Å². The highest BCUT2D eigenvalue weighted by Crippen LogP contribution is 2.51. The molecule has 0 radical (unpaired) electrons. The number of carbonyl (C=O) groups excluding carboxylic acids is 1. The molecule has 9 rings (SSSR count). The first-order valence-electron chi connectivity index (χ1n) is 16.6. The standard InChI is InChI=1S/C37H29F3N6O5S/c1-49-25-4-2-3-21-22(25)16-37(39,40)32(21)43-33-31-19(11-12-41-33)15-26(52-31)28-27(34-44-45-36(48)51-34)23(10-7-18-5-8-20(38)9-6-18)42-30-24-17-50-14-13-46(24)35(47)29(28)30/h2-6,8-9,11-12,15,24,32H,7,10,13-14,16-17H2,1H3,(H,41,43)(H,45,48)/t24-,32-/m0/s1. The van der Waals surface area contributed by atoms with E-state index in [2.05, 4.69) is 20.5 Å². The molecule has 6 aromatic rings. The number of ether oxygens (including phenoxy) is 2. The number of amides is 1. The van der Waals surface area contributed by atoms with Crippen molar-refractivity contribution in [1.29, 1.82) is 0 Å². The second-order valence-electron chi connectivity index (χ2n) is 12.9. The normalized spacial score (nSPS) is 18.8. The summed E-state index contributed by atoms with van der Waals surface area (Å²) >= 11 is 1.27. The Kier molecular flexibility index (Phi) is 7.66. The number of halogens is 3. The number of H-pyrrole nitrogens is 1. The van der Waals surface area contributed by atoms with Crippen molar-refractivity contribution in [3.8, 4) is 27.6 Å². The largest absolute Gasteiger partial charge is 0.496 e. The summed E-state index contributed by atoms with van der Waals surface area (Å²) in [7, 11) is 1.46. The van der Waals surface area contributed by atoms with Gasteiger partial charge >= 0.3 is 5.76 Å². The molecular weight excluding hydrogens is 698 g/mol. The van der Waals surface area contributed by atoms with Crippen molar-refractivity contribution >= 4 is 33.1 Å². The molecule has 1 amide bonds. The fourth-order valence-electron chi connectivity index (χ4n) is 7.55. The lowest BCUT2D eigenvalue weighted by Gasteiger charge is -2.29. The Morgan fingerprint density at radius 1 is 1.10 bits per heavy atom. The molecule has 6 heterocycles. The number of fused-ring (bicyclic) bond motifs is 5. The van der Waals surface area contributed by atoms with Gasteiger partial charge in [-0.3, -0.25) is 9.78 Å². The number of aromatic amines is 1. The van der Waals surface area contributed by atoms with E-state index in [4.69, 9.17) is 18.9 Å². The number of rotatable bonds is 8. The summed E-state index contributed by atoms with van der Waals surface area (Å²) in [4.78, 5) is 38.5. The highest BCUT2D eigenvalue weighted by atomic mass is 32.1. The van der Waals surface area contributed by atoms with Crippen LogP contribution in [0, 0.1) is 5.82 Å². The van der Waals surface area contributed by atoms with E-state index in [1.165, 1.54) is 30.6 Å². The van der Waals surface area contributed by atoms with Gasteiger partial charge in [0, 0.05) is 35.2 Å². The molecule has 15 heteroatoms. The van der Waals surface area contributed by atoms with Crippen LogP contribution in [0.5, 0.6) is 5.75 Å². The number of aryl methyl sites for hydroxylation is 2. The monoisotopic (exact) mass is 726 g/mol. The van der Waals surface area contributed by atoms with Crippen molar-refractivity contribution in [2.45, 2.75) is 37.3 Å². The third-order valence-corrected chi connectivity index (χ3v) is 11.1. The number of pyridine rings is 2. The van der Waals surface area contributed by atoms with E-state index in [0.717, 1.165) is 5.56 Å². The van der Waals surface area contributed by atoms with Crippen molar-refractivity contribution in [2.24, 2.45) is 0 Å². The van der Waals surface area contributed by atoms with Gasteiger partial charge in [0.1, 0.15) is 23.4 Å². The Labute approximate surface area is 297 Å². The van der Waals surface area contributed by atoms with Gasteiger partial charge in [-0.25, -0.2) is 28.0 Å². The number of nitrogens with zero attached hydrogens (tertiary/aromatic N) is 4. The van der Waals surface area contributed by atoms with Crippen LogP contribution in [0.4, 0.5) is 19.0 Å². The van der Waals surface area contributed by atoms with Gasteiger partial charge in [0.05, 0.1) is 53.6 Å². The van der Waals surface area contributed by atoms with E-state index >= 15 is 8.78 Å². The number of aromatic nitrogens is 4. The molecule has 2 aliphatic heterocycles. The first-order valence-corrected chi connectivity index (χ1v) is 17.5. The number of hydrogen-bond acceptors (Lipinski definition) is 10. The average Bonchev–Trinajstić information content (AvgIpc) is 3.90. The predicted octanol–water partition coefficient (Wildman–Crippen LogP) is 6.51. The summed E-state index contributed by atoms with van der Waals surface area (Å²) in [5.41, 5.74) is 3.91. The molecule has 264 valence electrons. The Hall–Kier alpha value is -5.54. The van der Waals surface area contributed by atoms with Crippen LogP contribution >= 0.6 is 11.3 Å². The summed E-state index contributed by atoms with van der Waals surface area (Å²) in [6.07, 6.45) is 1.85. The Balaban J connectivity index is 1.22. The number of morpholine rings is 1. The fourth-order valence-corrected chi connectivity index (χ4v) is 8.71. The minimum atomic E-state index is -3.13. The van der Waals surface area contributed by atoms with E-state index in [-0.39, 0.29) is 30.0 Å². The molecule has 2 N–H and O–H groups in total. The summed E-state index contributed by atoms with van der Waals surface area (Å²) < 4.78 is 62.3. The second-order valence-corrected chi connectivity index (χ2v) is 14.0. The number of anilines is 1. The quantitative estimate of drug-likeness (QED) is 0.180. The van der Waals surface area contributed by atoms with Crippen LogP contribution in [0.2, 0.25) is 0 Å². The van der Waals surface area contributed by atoms with Crippen molar-refractivity contribution in [2.75, 3.05) is 32.2 Å². The highest BCUT2D eigenvalue weighted by Gasteiger charge is 2.49. The topological polar surface area (TPSA) is 135 Å². The number of carbonyl (C=O) groups is 1. The molecule has 0 spiro atoms. The second kappa shape index (κ2) is 12.3. The lowest BCUT2D eigenvalue weighted by molar-refractivity contribution is -0.00734. The van der Waals surface area contributed by atoms with Gasteiger partial charge in [-0.15, -0.1) is 16.4 Å². The summed E-state index contributed by atoms with van der Waals surface area (Å²) in [6, 6.07) is 13.0. The van der Waals surface area contributed by atoms with E-state index in [9.17, 15) is 14.0 Å². The van der Waals surface area contributed by atoms with Crippen LogP contribution < -0.4 is 15.8 Å². The van der Waals surface area contributed by atoms with Gasteiger partial charge < -0.3 is 24.1 Å². The van der Waals surface area contributed by atoms with Gasteiger partial charge in [-0.05, 0) is 59.7 Å². The number of alkyl halides is 2. The number of thiophene rings is 1. The van der Waals surface area contributed by atoms with Crippen molar-refractivity contribution in [3.63, 3.8) is 0 Å². The average molecular weight is 727 g/mol. The highest BCUT2D eigenvalue weighted by molar-refractivity contribution is 7.23. The summed E-state index contributed by atoms with van der Waals surface area (Å²) in [5.74, 6) is -3.92. The molecule has 52 heavy (non-hydrogen) atoms. The molecule has 0 bridgehead atoms. The summed E-state index contributed by atoms with van der Waals surface area (Å²) in [6.45, 7) is 0.990. The third-order valence-electron chi connectivity index (χ3n) is 9.93. The molecule has 0 saturated carbocycles. The van der Waals surface area contributed by atoms with Gasteiger partial charge in [0.2, 0.25) is 0 Å². The predicted molar refractivity (Wildman–Crippen MR) is 185 cm³/mol. The maximum Gasteiger partial charge on any atom is 0.434 e. The zero-order chi connectivity index (χ0) is 35.7. The van der Waals surface area contributed by atoms with Crippen LogP contribution in [-0.2, 0) is 24.0 Å². The third kappa shape index (κ3) is 5.25. The lowest BCUT2D eigenvalue weighted by Crippen LogP contribution is -2.38. The summed E-state index contributed by atoms with van der Waals surface area (Å²) in [5, 5.41) is 10.2. The van der Waals surface area contributed by atoms with E-state index in [0.29, 0.717) is 85.9 Å². The van der Waals surface area contributed by atoms with Crippen molar-refractivity contribution < 1.29 is 31.9 Å². The van der Waals surface area contributed by atoms with Crippen LogP contribution in [0.3, 0.4) is 0 Å². The van der Waals surface area contributed by atoms with Crippen LogP contribution in [-0.4, -0.2) is 63.8 Å². The number of nitrogens with one attached hydrogen (secondary N) is 2. The first kappa shape index (κ1) is 32.4. The minimum absolute atomic E-state index is 0.0524. The number of hydrogen-bond donors (Lipinski definition) is 2. The van der Waals surface area contributed by atoms with Crippen LogP contribution in [0.25, 0.3) is 32.0 Å². The van der Waals surface area contributed by atoms with Gasteiger partial charge in [0.25, 0.3) is 17.7 Å². The van der Waals surface area contributed by atoms with E-state index in [1.54, 1.807) is 47.5 Å². The number of methoxy groups -OCH3 is 1. The van der Waals surface area contributed by atoms with Crippen molar-refractivity contribution in [3.05, 3.63) is 111 Å². The molecule has 11 nitrogen and oxygen atoms in total. The molecular formula is C37H29F3N6O5S. The molecule has 2 aromatic carbocycles. The Morgan fingerprint density at radius 2 is 1.94 bits per heavy atom. The zero-order valence-corrected chi connectivity index (χ0v) is 28.4. The van der Waals surface area contributed by atoms with Gasteiger partial charge in [-0.2, -0.15) is 0 Å². The van der Waals surface area contributed by atoms with E-state index < -0.39 is 30.2 Å². The van der Waals surface area contributed by atoms with Gasteiger partial charge in [-0.1, -0.05) is 24.3 Å². The van der Waals surface area contributed by atoms with Crippen molar-refractivity contribution in [1.82, 2.24) is 25.1 Å². The molecule has 1 fully saturated rings. The minimum Gasteiger partial charge on any atom is -0.496 e. The smallest absolute Gasteiger partial charge is 0.434 e. The molecule has 4 aromatic heterocycles. The van der Waals surface area contributed by atoms with E-state index in [1.807, 2.05) is 6.07 Å². The SMILES string of the molecule is COc1cccc2c1CC(F)(F)[C@H]2Nc1nccc2cc(-c3c4c(nc(CCc5ccc(F)cc5)c3-c3n[nH]c(=O)o3)[C@@H]3COCCN3C4=O)sc12. The maximum absolute atomic E-state index is 15.6. The maximum atomic E-state index is 15.6.